The van der Waals surface area contributed by atoms with Crippen LogP contribution in [0.4, 0.5) is 5.69 Å². The lowest BCUT2D eigenvalue weighted by Crippen LogP contribution is -2.37. The summed E-state index contributed by atoms with van der Waals surface area (Å²) in [5, 5.41) is 5.64. The molecule has 1 aromatic heterocycles. The number of aromatic nitrogens is 2. The van der Waals surface area contributed by atoms with Crippen molar-refractivity contribution in [3.63, 3.8) is 0 Å². The number of aryl methyl sites for hydroxylation is 2. The highest BCUT2D eigenvalue weighted by molar-refractivity contribution is 5.94. The standard InChI is InChI=1S/C26H28N4O2/c1-28-23-11-10-21(16-24(23)29(2)26(28)32)27-25(31)19-12-14-30(15-13-19)17-20-8-5-7-18-6-3-4-9-22(18)20/h3-11,16,19H,12-15,17H2,1-2H3,(H,27,31). The van der Waals surface area contributed by atoms with Crippen molar-refractivity contribution in [1.29, 1.82) is 0 Å². The second-order valence-corrected chi connectivity index (χ2v) is 8.78. The largest absolute Gasteiger partial charge is 0.328 e. The minimum Gasteiger partial charge on any atom is -0.326 e. The topological polar surface area (TPSA) is 59.3 Å². The number of piperidine rings is 1. The van der Waals surface area contributed by atoms with Crippen molar-refractivity contribution in [3.05, 3.63) is 76.7 Å². The molecule has 1 fully saturated rings. The maximum Gasteiger partial charge on any atom is 0.328 e. The van der Waals surface area contributed by atoms with E-state index in [1.54, 1.807) is 23.2 Å². The van der Waals surface area contributed by atoms with E-state index >= 15 is 0 Å². The van der Waals surface area contributed by atoms with Gasteiger partial charge in [0.2, 0.25) is 5.91 Å². The highest BCUT2D eigenvalue weighted by Crippen LogP contribution is 2.25. The lowest BCUT2D eigenvalue weighted by molar-refractivity contribution is -0.121. The number of fused-ring (bicyclic) bond motifs is 2. The van der Waals surface area contributed by atoms with Crippen molar-refractivity contribution in [2.45, 2.75) is 19.4 Å². The quantitative estimate of drug-likeness (QED) is 0.537. The number of carbonyl (C=O) groups is 1. The summed E-state index contributed by atoms with van der Waals surface area (Å²) >= 11 is 0. The molecule has 0 aliphatic carbocycles. The molecule has 1 aliphatic heterocycles. The molecule has 0 saturated carbocycles. The van der Waals surface area contributed by atoms with Gasteiger partial charge in [-0.05, 0) is 60.5 Å². The molecule has 6 heteroatoms. The minimum absolute atomic E-state index is 0.00839. The summed E-state index contributed by atoms with van der Waals surface area (Å²) in [7, 11) is 3.51. The highest BCUT2D eigenvalue weighted by Gasteiger charge is 2.25. The Balaban J connectivity index is 1.22. The van der Waals surface area contributed by atoms with Crippen molar-refractivity contribution >= 4 is 33.4 Å². The van der Waals surface area contributed by atoms with Crippen LogP contribution in [0, 0.1) is 5.92 Å². The van der Waals surface area contributed by atoms with Crippen LogP contribution in [0.1, 0.15) is 18.4 Å². The van der Waals surface area contributed by atoms with Gasteiger partial charge >= 0.3 is 5.69 Å². The fraction of sp³-hybridized carbons (Fsp3) is 0.308. The first-order chi connectivity index (χ1) is 15.5. The van der Waals surface area contributed by atoms with E-state index in [0.29, 0.717) is 0 Å². The molecule has 0 bridgehead atoms. The third-order valence-electron chi connectivity index (χ3n) is 6.77. The summed E-state index contributed by atoms with van der Waals surface area (Å²) in [6.45, 7) is 2.73. The molecule has 2 heterocycles. The van der Waals surface area contributed by atoms with E-state index in [1.165, 1.54) is 16.3 Å². The Morgan fingerprint density at radius 1 is 0.938 bits per heavy atom. The smallest absolute Gasteiger partial charge is 0.326 e. The maximum atomic E-state index is 12.9. The molecule has 1 aliphatic rings. The van der Waals surface area contributed by atoms with E-state index in [0.717, 1.165) is 49.2 Å². The van der Waals surface area contributed by atoms with Crippen LogP contribution in [0.15, 0.2) is 65.5 Å². The molecule has 1 amide bonds. The monoisotopic (exact) mass is 428 g/mol. The summed E-state index contributed by atoms with van der Waals surface area (Å²) in [5.41, 5.74) is 3.69. The lowest BCUT2D eigenvalue weighted by Gasteiger charge is -2.31. The van der Waals surface area contributed by atoms with Crippen LogP contribution in [-0.4, -0.2) is 33.0 Å². The molecule has 1 saturated heterocycles. The molecule has 0 atom stereocenters. The number of anilines is 1. The summed E-state index contributed by atoms with van der Waals surface area (Å²) in [4.78, 5) is 27.5. The SMILES string of the molecule is Cn1c(=O)n(C)c2cc(NC(=O)C3CCN(Cc4cccc5ccccc45)CC3)ccc21. The number of hydrogen-bond donors (Lipinski definition) is 1. The fourth-order valence-corrected chi connectivity index (χ4v) is 4.85. The van der Waals surface area contributed by atoms with Crippen LogP contribution in [-0.2, 0) is 25.4 Å². The van der Waals surface area contributed by atoms with E-state index in [4.69, 9.17) is 0 Å². The average Bonchev–Trinajstić information content (AvgIpc) is 3.03. The van der Waals surface area contributed by atoms with E-state index in [2.05, 4.69) is 52.7 Å². The van der Waals surface area contributed by atoms with Gasteiger partial charge in [-0.3, -0.25) is 18.8 Å². The van der Waals surface area contributed by atoms with Crippen molar-refractivity contribution in [3.8, 4) is 0 Å². The van der Waals surface area contributed by atoms with Crippen molar-refractivity contribution in [2.75, 3.05) is 18.4 Å². The summed E-state index contributed by atoms with van der Waals surface area (Å²) in [6.07, 6.45) is 1.70. The Morgan fingerprint density at radius 2 is 1.66 bits per heavy atom. The zero-order chi connectivity index (χ0) is 22.2. The molecule has 5 rings (SSSR count). The highest BCUT2D eigenvalue weighted by atomic mass is 16.2. The summed E-state index contributed by atoms with van der Waals surface area (Å²) in [5.74, 6) is 0.0733. The van der Waals surface area contributed by atoms with Crippen molar-refractivity contribution < 1.29 is 4.79 Å². The molecular formula is C26H28N4O2. The first-order valence-electron chi connectivity index (χ1n) is 11.2. The second kappa shape index (κ2) is 8.28. The zero-order valence-electron chi connectivity index (χ0n) is 18.5. The predicted octanol–water partition coefficient (Wildman–Crippen LogP) is 3.88. The van der Waals surface area contributed by atoms with Gasteiger partial charge in [-0.25, -0.2) is 4.79 Å². The van der Waals surface area contributed by atoms with Crippen molar-refractivity contribution in [2.24, 2.45) is 20.0 Å². The molecule has 0 unspecified atom stereocenters. The number of carbonyl (C=O) groups excluding carboxylic acids is 1. The van der Waals surface area contributed by atoms with Crippen LogP contribution >= 0.6 is 0 Å². The van der Waals surface area contributed by atoms with Crippen molar-refractivity contribution in [1.82, 2.24) is 14.0 Å². The Morgan fingerprint density at radius 3 is 2.47 bits per heavy atom. The van der Waals surface area contributed by atoms with Crippen LogP contribution in [0.3, 0.4) is 0 Å². The average molecular weight is 429 g/mol. The Hall–Kier alpha value is -3.38. The van der Waals surface area contributed by atoms with E-state index < -0.39 is 0 Å². The predicted molar refractivity (Wildman–Crippen MR) is 129 cm³/mol. The molecular weight excluding hydrogens is 400 g/mol. The van der Waals surface area contributed by atoms with Gasteiger partial charge in [-0.1, -0.05) is 42.5 Å². The first-order valence-corrected chi connectivity index (χ1v) is 11.2. The van der Waals surface area contributed by atoms with Gasteiger partial charge < -0.3 is 5.32 Å². The van der Waals surface area contributed by atoms with E-state index in [1.807, 2.05) is 18.2 Å². The number of hydrogen-bond acceptors (Lipinski definition) is 3. The second-order valence-electron chi connectivity index (χ2n) is 8.78. The Bertz CT molecular complexity index is 1350. The number of rotatable bonds is 4. The molecule has 6 nitrogen and oxygen atoms in total. The van der Waals surface area contributed by atoms with E-state index in [9.17, 15) is 9.59 Å². The molecule has 0 radical (unpaired) electrons. The maximum absolute atomic E-state index is 12.9. The number of likely N-dealkylation sites (tertiary alicyclic amines) is 1. The number of amides is 1. The van der Waals surface area contributed by atoms with Gasteiger partial charge in [0, 0.05) is 32.2 Å². The fourth-order valence-electron chi connectivity index (χ4n) is 4.85. The zero-order valence-corrected chi connectivity index (χ0v) is 18.5. The molecule has 1 N–H and O–H groups in total. The number of imidazole rings is 1. The molecule has 32 heavy (non-hydrogen) atoms. The van der Waals surface area contributed by atoms with E-state index in [-0.39, 0.29) is 17.5 Å². The normalized spacial score (nSPS) is 15.4. The minimum atomic E-state index is -0.0676. The molecule has 3 aromatic carbocycles. The first kappa shape index (κ1) is 20.5. The Kier molecular flexibility index (Phi) is 5.31. The van der Waals surface area contributed by atoms with Crippen LogP contribution < -0.4 is 11.0 Å². The van der Waals surface area contributed by atoms with Gasteiger partial charge in [-0.15, -0.1) is 0 Å². The molecule has 4 aromatic rings. The van der Waals surface area contributed by atoms with Gasteiger partial charge in [0.15, 0.2) is 0 Å². The number of nitrogens with one attached hydrogen (secondary N) is 1. The van der Waals surface area contributed by atoms with Gasteiger partial charge in [-0.2, -0.15) is 0 Å². The molecule has 164 valence electrons. The Labute approximate surface area is 187 Å². The summed E-state index contributed by atoms with van der Waals surface area (Å²) < 4.78 is 3.23. The summed E-state index contributed by atoms with van der Waals surface area (Å²) in [6, 6.07) is 20.6. The lowest BCUT2D eigenvalue weighted by atomic mass is 9.95. The van der Waals surface area contributed by atoms with Crippen LogP contribution in [0.2, 0.25) is 0 Å². The molecule has 0 spiro atoms. The third kappa shape index (κ3) is 3.71. The number of nitrogens with zero attached hydrogens (tertiary/aromatic N) is 3. The van der Waals surface area contributed by atoms with Gasteiger partial charge in [0.25, 0.3) is 0 Å². The van der Waals surface area contributed by atoms with Crippen LogP contribution in [0.5, 0.6) is 0 Å². The van der Waals surface area contributed by atoms with Gasteiger partial charge in [0.1, 0.15) is 0 Å². The van der Waals surface area contributed by atoms with Gasteiger partial charge in [0.05, 0.1) is 11.0 Å². The number of benzene rings is 3. The third-order valence-corrected chi connectivity index (χ3v) is 6.77. The van der Waals surface area contributed by atoms with Crippen LogP contribution in [0.25, 0.3) is 21.8 Å².